The zero-order chi connectivity index (χ0) is 16.8. The van der Waals surface area contributed by atoms with E-state index in [1.54, 1.807) is 36.4 Å². The molecular weight excluding hydrogens is 338 g/mol. The lowest BCUT2D eigenvalue weighted by atomic mass is 10.1. The highest BCUT2D eigenvalue weighted by Crippen LogP contribution is 2.13. The predicted molar refractivity (Wildman–Crippen MR) is 90.2 cm³/mol. The number of hydrogen-bond acceptors (Lipinski definition) is 3. The number of carbonyl (C=O) groups is 2. The average Bonchev–Trinajstić information content (AvgIpc) is 2.50. The van der Waals surface area contributed by atoms with Gasteiger partial charge in [-0.2, -0.15) is 0 Å². The number of benzene rings is 2. The van der Waals surface area contributed by atoms with E-state index in [-0.39, 0.29) is 23.0 Å². The van der Waals surface area contributed by atoms with Crippen molar-refractivity contribution in [2.24, 2.45) is 0 Å². The first-order chi connectivity index (χ1) is 10.9. The molecule has 0 bridgehead atoms. The van der Waals surface area contributed by atoms with Gasteiger partial charge in [-0.1, -0.05) is 23.7 Å². The molecule has 0 spiro atoms. The number of aromatic carboxylic acids is 1. The van der Waals surface area contributed by atoms with Gasteiger partial charge in [-0.25, -0.2) is 4.79 Å². The van der Waals surface area contributed by atoms with Gasteiger partial charge in [-0.3, -0.25) is 9.00 Å². The highest BCUT2D eigenvalue weighted by atomic mass is 35.5. The van der Waals surface area contributed by atoms with Crippen molar-refractivity contribution in [1.29, 1.82) is 0 Å². The zero-order valence-electron chi connectivity index (χ0n) is 12.0. The van der Waals surface area contributed by atoms with Crippen molar-refractivity contribution >= 4 is 40.0 Å². The third kappa shape index (κ3) is 5.50. The van der Waals surface area contributed by atoms with Crippen LogP contribution in [0.15, 0.2) is 48.5 Å². The van der Waals surface area contributed by atoms with Crippen LogP contribution < -0.4 is 5.32 Å². The summed E-state index contributed by atoms with van der Waals surface area (Å²) in [5, 5.41) is 12.0. The van der Waals surface area contributed by atoms with Crippen LogP contribution in [0.4, 0.5) is 5.69 Å². The molecule has 1 atom stereocenters. The first-order valence-electron chi connectivity index (χ1n) is 6.66. The predicted octanol–water partition coefficient (Wildman–Crippen LogP) is 2.93. The van der Waals surface area contributed by atoms with E-state index in [9.17, 15) is 13.8 Å². The molecule has 0 fully saturated rings. The Labute approximate surface area is 140 Å². The molecule has 2 N–H and O–H groups in total. The Bertz CT molecular complexity index is 729. The molecule has 0 saturated carbocycles. The molecule has 0 saturated heterocycles. The fraction of sp³-hybridized carbons (Fsp3) is 0.125. The van der Waals surface area contributed by atoms with Gasteiger partial charge < -0.3 is 10.4 Å². The molecule has 0 aromatic heterocycles. The second-order valence-electron chi connectivity index (χ2n) is 4.79. The van der Waals surface area contributed by atoms with E-state index < -0.39 is 16.8 Å². The smallest absolute Gasteiger partial charge is 0.335 e. The standard InChI is InChI=1S/C16H14ClNO4S/c17-13-5-7-14(8-6-13)18-15(19)10-23(22)9-11-1-3-12(4-2-11)16(20)21/h1-8H,9-10H2,(H,18,19)(H,20,21). The number of amides is 1. The molecule has 5 nitrogen and oxygen atoms in total. The highest BCUT2D eigenvalue weighted by Gasteiger charge is 2.10. The van der Waals surface area contributed by atoms with Crippen molar-refractivity contribution in [3.05, 3.63) is 64.7 Å². The topological polar surface area (TPSA) is 83.5 Å². The lowest BCUT2D eigenvalue weighted by Gasteiger charge is -2.06. The van der Waals surface area contributed by atoms with Crippen LogP contribution in [-0.4, -0.2) is 26.9 Å². The van der Waals surface area contributed by atoms with E-state index in [0.29, 0.717) is 16.3 Å². The maximum Gasteiger partial charge on any atom is 0.335 e. The molecule has 23 heavy (non-hydrogen) atoms. The number of carboxylic acid groups (broad SMARTS) is 1. The SMILES string of the molecule is O=C(CS(=O)Cc1ccc(C(=O)O)cc1)Nc1ccc(Cl)cc1. The van der Waals surface area contributed by atoms with Crippen LogP contribution in [0.1, 0.15) is 15.9 Å². The first-order valence-corrected chi connectivity index (χ1v) is 8.53. The summed E-state index contributed by atoms with van der Waals surface area (Å²) in [5.74, 6) is -1.31. The Kier molecular flexibility index (Phi) is 5.90. The first kappa shape index (κ1) is 17.2. The Hall–Kier alpha value is -2.18. The summed E-state index contributed by atoms with van der Waals surface area (Å²) in [6.07, 6.45) is 0. The Morgan fingerprint density at radius 1 is 1.04 bits per heavy atom. The minimum atomic E-state index is -1.38. The number of carboxylic acids is 1. The van der Waals surface area contributed by atoms with Crippen molar-refractivity contribution in [3.8, 4) is 0 Å². The van der Waals surface area contributed by atoms with Crippen LogP contribution >= 0.6 is 11.6 Å². The molecule has 2 aromatic rings. The normalized spacial score (nSPS) is 11.7. The largest absolute Gasteiger partial charge is 0.478 e. The van der Waals surface area contributed by atoms with Gasteiger partial charge in [0.2, 0.25) is 5.91 Å². The van der Waals surface area contributed by atoms with Crippen molar-refractivity contribution < 1.29 is 18.9 Å². The molecule has 1 amide bonds. The van der Waals surface area contributed by atoms with Gasteiger partial charge in [0.05, 0.1) is 5.56 Å². The minimum absolute atomic E-state index is 0.136. The third-order valence-electron chi connectivity index (χ3n) is 2.95. The Morgan fingerprint density at radius 3 is 2.22 bits per heavy atom. The summed E-state index contributed by atoms with van der Waals surface area (Å²) < 4.78 is 12.0. The lowest BCUT2D eigenvalue weighted by Crippen LogP contribution is -2.20. The third-order valence-corrected chi connectivity index (χ3v) is 4.44. The van der Waals surface area contributed by atoms with Crippen molar-refractivity contribution in [2.45, 2.75) is 5.75 Å². The van der Waals surface area contributed by atoms with Crippen molar-refractivity contribution in [3.63, 3.8) is 0 Å². The molecular formula is C16H14ClNO4S. The van der Waals surface area contributed by atoms with Crippen LogP contribution in [0.2, 0.25) is 5.02 Å². The van der Waals surface area contributed by atoms with Crippen LogP contribution in [0.25, 0.3) is 0 Å². The van der Waals surface area contributed by atoms with E-state index in [1.165, 1.54) is 12.1 Å². The van der Waals surface area contributed by atoms with Gasteiger partial charge in [0.25, 0.3) is 0 Å². The average molecular weight is 352 g/mol. The molecule has 2 rings (SSSR count). The summed E-state index contributed by atoms with van der Waals surface area (Å²) in [6, 6.07) is 12.7. The maximum atomic E-state index is 12.0. The molecule has 0 aliphatic heterocycles. The second kappa shape index (κ2) is 7.89. The van der Waals surface area contributed by atoms with Gasteiger partial charge in [-0.05, 0) is 42.0 Å². The second-order valence-corrected chi connectivity index (χ2v) is 6.68. The zero-order valence-corrected chi connectivity index (χ0v) is 13.6. The van der Waals surface area contributed by atoms with E-state index in [1.807, 2.05) is 0 Å². The van der Waals surface area contributed by atoms with Crippen molar-refractivity contribution in [1.82, 2.24) is 0 Å². The summed E-state index contributed by atoms with van der Waals surface area (Å²) >= 11 is 5.76. The number of halogens is 1. The summed E-state index contributed by atoms with van der Waals surface area (Å²) in [7, 11) is -1.38. The van der Waals surface area contributed by atoms with Gasteiger partial charge in [-0.15, -0.1) is 0 Å². The van der Waals surface area contributed by atoms with Gasteiger partial charge in [0.15, 0.2) is 0 Å². The van der Waals surface area contributed by atoms with Gasteiger partial charge in [0.1, 0.15) is 5.75 Å². The molecule has 0 radical (unpaired) electrons. The molecule has 1 unspecified atom stereocenters. The molecule has 0 aliphatic rings. The van der Waals surface area contributed by atoms with Gasteiger partial charge >= 0.3 is 5.97 Å². The van der Waals surface area contributed by atoms with E-state index in [0.717, 1.165) is 0 Å². The lowest BCUT2D eigenvalue weighted by molar-refractivity contribution is -0.113. The Balaban J connectivity index is 1.87. The fourth-order valence-corrected chi connectivity index (χ4v) is 3.01. The molecule has 0 aliphatic carbocycles. The van der Waals surface area contributed by atoms with Crippen LogP contribution in [0, 0.1) is 0 Å². The van der Waals surface area contributed by atoms with Crippen LogP contribution in [-0.2, 0) is 21.3 Å². The van der Waals surface area contributed by atoms with Crippen LogP contribution in [0.5, 0.6) is 0 Å². The number of anilines is 1. The number of hydrogen-bond donors (Lipinski definition) is 2. The summed E-state index contributed by atoms with van der Waals surface area (Å²) in [6.45, 7) is 0. The maximum absolute atomic E-state index is 12.0. The van der Waals surface area contributed by atoms with E-state index in [4.69, 9.17) is 16.7 Å². The van der Waals surface area contributed by atoms with Crippen molar-refractivity contribution in [2.75, 3.05) is 11.1 Å². The van der Waals surface area contributed by atoms with Crippen LogP contribution in [0.3, 0.4) is 0 Å². The monoisotopic (exact) mass is 351 g/mol. The highest BCUT2D eigenvalue weighted by molar-refractivity contribution is 7.84. The Morgan fingerprint density at radius 2 is 1.65 bits per heavy atom. The quantitative estimate of drug-likeness (QED) is 0.838. The molecule has 7 heteroatoms. The van der Waals surface area contributed by atoms with E-state index >= 15 is 0 Å². The molecule has 0 heterocycles. The molecule has 120 valence electrons. The summed E-state index contributed by atoms with van der Waals surface area (Å²) in [4.78, 5) is 22.6. The number of nitrogens with one attached hydrogen (secondary N) is 1. The van der Waals surface area contributed by atoms with E-state index in [2.05, 4.69) is 5.32 Å². The van der Waals surface area contributed by atoms with Gasteiger partial charge in [0, 0.05) is 27.3 Å². The number of carbonyl (C=O) groups excluding carboxylic acids is 1. The number of rotatable bonds is 6. The minimum Gasteiger partial charge on any atom is -0.478 e. The fourth-order valence-electron chi connectivity index (χ4n) is 1.86. The molecule has 2 aromatic carbocycles. The summed E-state index contributed by atoms with van der Waals surface area (Å²) in [5.41, 5.74) is 1.47.